The summed E-state index contributed by atoms with van der Waals surface area (Å²) in [5, 5.41) is 37.7. The van der Waals surface area contributed by atoms with Crippen LogP contribution in [-0.2, 0) is 14.3 Å². The van der Waals surface area contributed by atoms with Gasteiger partial charge in [0.15, 0.2) is 12.4 Å². The Bertz CT molecular complexity index is 270. The third-order valence-corrected chi connectivity index (χ3v) is 2.84. The third kappa shape index (κ3) is 3.63. The van der Waals surface area contributed by atoms with Crippen LogP contribution in [0.4, 0.5) is 0 Å². The second-order valence-corrected chi connectivity index (χ2v) is 4.29. The lowest BCUT2D eigenvalue weighted by Crippen LogP contribution is -2.59. The van der Waals surface area contributed by atoms with Gasteiger partial charge >= 0.3 is 5.97 Å². The van der Waals surface area contributed by atoms with Gasteiger partial charge in [0.2, 0.25) is 0 Å². The second kappa shape index (κ2) is 7.01. The van der Waals surface area contributed by atoms with E-state index in [1.165, 1.54) is 0 Å². The van der Waals surface area contributed by atoms with E-state index in [0.29, 0.717) is 6.42 Å². The molecule has 1 aliphatic heterocycles. The maximum atomic E-state index is 11.4. The zero-order chi connectivity index (χ0) is 13.7. The smallest absolute Gasteiger partial charge is 0.306 e. The molecule has 7 nitrogen and oxygen atoms in total. The highest BCUT2D eigenvalue weighted by atomic mass is 16.7. The molecule has 0 aliphatic carbocycles. The Labute approximate surface area is 105 Å². The summed E-state index contributed by atoms with van der Waals surface area (Å²) in [6.07, 6.45) is -5.27. The van der Waals surface area contributed by atoms with Crippen molar-refractivity contribution < 1.29 is 34.7 Å². The van der Waals surface area contributed by atoms with Crippen molar-refractivity contribution in [3.05, 3.63) is 0 Å². The third-order valence-electron chi connectivity index (χ3n) is 2.84. The molecule has 0 saturated carbocycles. The summed E-state index contributed by atoms with van der Waals surface area (Å²) in [6, 6.07) is 0. The highest BCUT2D eigenvalue weighted by Gasteiger charge is 2.45. The molecular weight excluding hydrogens is 244 g/mol. The molecule has 0 aromatic carbocycles. The Morgan fingerprint density at radius 2 is 1.94 bits per heavy atom. The van der Waals surface area contributed by atoms with Crippen molar-refractivity contribution in [2.45, 2.75) is 56.9 Å². The SMILES string of the molecule is CCCCC(=O)O[C@H]1[C@H](O)[C@@H](CO)OC(O)[C@@H]1O. The molecule has 0 aromatic rings. The van der Waals surface area contributed by atoms with Crippen molar-refractivity contribution >= 4 is 5.97 Å². The summed E-state index contributed by atoms with van der Waals surface area (Å²) < 4.78 is 9.70. The zero-order valence-corrected chi connectivity index (χ0v) is 10.2. The van der Waals surface area contributed by atoms with E-state index in [-0.39, 0.29) is 6.42 Å². The number of carbonyl (C=O) groups excluding carboxylic acids is 1. The van der Waals surface area contributed by atoms with Crippen LogP contribution in [0, 0.1) is 0 Å². The average molecular weight is 264 g/mol. The fourth-order valence-corrected chi connectivity index (χ4v) is 1.74. The van der Waals surface area contributed by atoms with Crippen LogP contribution in [0.25, 0.3) is 0 Å². The molecule has 0 aromatic heterocycles. The molecule has 1 unspecified atom stereocenters. The predicted octanol–water partition coefficient (Wildman–Crippen LogP) is -1.48. The van der Waals surface area contributed by atoms with Crippen molar-refractivity contribution in [2.24, 2.45) is 0 Å². The molecule has 1 rings (SSSR count). The number of esters is 1. The van der Waals surface area contributed by atoms with Crippen LogP contribution >= 0.6 is 0 Å². The maximum absolute atomic E-state index is 11.4. The number of hydrogen-bond donors (Lipinski definition) is 4. The van der Waals surface area contributed by atoms with Crippen LogP contribution in [-0.4, -0.2) is 63.7 Å². The van der Waals surface area contributed by atoms with Gasteiger partial charge in [-0.15, -0.1) is 0 Å². The van der Waals surface area contributed by atoms with E-state index in [2.05, 4.69) is 0 Å². The van der Waals surface area contributed by atoms with E-state index in [9.17, 15) is 20.1 Å². The Kier molecular flexibility index (Phi) is 5.97. The molecule has 4 N–H and O–H groups in total. The highest BCUT2D eigenvalue weighted by molar-refractivity contribution is 5.69. The molecule has 18 heavy (non-hydrogen) atoms. The number of ether oxygens (including phenoxy) is 2. The lowest BCUT2D eigenvalue weighted by molar-refractivity contribution is -0.289. The molecular formula is C11H20O7. The van der Waals surface area contributed by atoms with E-state index in [4.69, 9.17) is 14.6 Å². The summed E-state index contributed by atoms with van der Waals surface area (Å²) in [5.74, 6) is -0.564. The number of carbonyl (C=O) groups is 1. The number of aliphatic hydroxyl groups excluding tert-OH is 4. The molecule has 7 heteroatoms. The molecule has 1 saturated heterocycles. The standard InChI is InChI=1S/C11H20O7/c1-2-3-4-7(13)18-10-8(14)6(5-12)17-11(16)9(10)15/h6,8-12,14-16H,2-5H2,1H3/t6-,8-,9-,10+,11?/m1/s1. The Balaban J connectivity index is 2.61. The Hall–Kier alpha value is -0.730. The fraction of sp³-hybridized carbons (Fsp3) is 0.909. The van der Waals surface area contributed by atoms with Gasteiger partial charge in [0.05, 0.1) is 6.61 Å². The fourth-order valence-electron chi connectivity index (χ4n) is 1.74. The van der Waals surface area contributed by atoms with Gasteiger partial charge in [-0.05, 0) is 6.42 Å². The van der Waals surface area contributed by atoms with E-state index in [0.717, 1.165) is 6.42 Å². The first-order chi connectivity index (χ1) is 8.51. The van der Waals surface area contributed by atoms with Crippen LogP contribution < -0.4 is 0 Å². The maximum Gasteiger partial charge on any atom is 0.306 e. The summed E-state index contributed by atoms with van der Waals surface area (Å²) in [5.41, 5.74) is 0. The minimum atomic E-state index is -1.60. The van der Waals surface area contributed by atoms with Crippen molar-refractivity contribution in [1.82, 2.24) is 0 Å². The molecule has 1 aliphatic rings. The largest absolute Gasteiger partial charge is 0.456 e. The molecule has 5 atom stereocenters. The predicted molar refractivity (Wildman–Crippen MR) is 59.4 cm³/mol. The zero-order valence-electron chi connectivity index (χ0n) is 10.2. The first-order valence-corrected chi connectivity index (χ1v) is 6.01. The van der Waals surface area contributed by atoms with E-state index in [1.54, 1.807) is 0 Å². The van der Waals surface area contributed by atoms with Crippen molar-refractivity contribution in [1.29, 1.82) is 0 Å². The first kappa shape index (κ1) is 15.3. The van der Waals surface area contributed by atoms with Gasteiger partial charge in [-0.1, -0.05) is 13.3 Å². The average Bonchev–Trinajstić information content (AvgIpc) is 2.36. The Morgan fingerprint density at radius 1 is 1.28 bits per heavy atom. The van der Waals surface area contributed by atoms with Gasteiger partial charge in [0.1, 0.15) is 18.3 Å². The number of rotatable bonds is 5. The minimum absolute atomic E-state index is 0.174. The molecule has 0 spiro atoms. The highest BCUT2D eigenvalue weighted by Crippen LogP contribution is 2.22. The quantitative estimate of drug-likeness (QED) is 0.447. The lowest BCUT2D eigenvalue weighted by Gasteiger charge is -2.39. The van der Waals surface area contributed by atoms with Gasteiger partial charge in [-0.3, -0.25) is 4.79 Å². The second-order valence-electron chi connectivity index (χ2n) is 4.29. The normalized spacial score (nSPS) is 36.4. The topological polar surface area (TPSA) is 116 Å². The molecule has 0 amide bonds. The molecule has 0 bridgehead atoms. The first-order valence-electron chi connectivity index (χ1n) is 6.01. The van der Waals surface area contributed by atoms with E-state index >= 15 is 0 Å². The summed E-state index contributed by atoms with van der Waals surface area (Å²) >= 11 is 0. The van der Waals surface area contributed by atoms with Crippen LogP contribution in [0.1, 0.15) is 26.2 Å². The number of aliphatic hydroxyl groups is 4. The van der Waals surface area contributed by atoms with Gasteiger partial charge in [-0.2, -0.15) is 0 Å². The summed E-state index contributed by atoms with van der Waals surface area (Å²) in [4.78, 5) is 11.4. The van der Waals surface area contributed by atoms with E-state index < -0.39 is 43.3 Å². The molecule has 0 radical (unpaired) electrons. The summed E-state index contributed by atoms with van der Waals surface area (Å²) in [7, 11) is 0. The van der Waals surface area contributed by atoms with Gasteiger partial charge in [-0.25, -0.2) is 0 Å². The van der Waals surface area contributed by atoms with Crippen molar-refractivity contribution in [2.75, 3.05) is 6.61 Å². The number of unbranched alkanes of at least 4 members (excludes halogenated alkanes) is 1. The van der Waals surface area contributed by atoms with E-state index in [1.807, 2.05) is 6.92 Å². The van der Waals surface area contributed by atoms with Gasteiger partial charge in [0.25, 0.3) is 0 Å². The van der Waals surface area contributed by atoms with Crippen LogP contribution in [0.2, 0.25) is 0 Å². The molecule has 106 valence electrons. The lowest BCUT2D eigenvalue weighted by atomic mass is 9.99. The van der Waals surface area contributed by atoms with Crippen LogP contribution in [0.15, 0.2) is 0 Å². The van der Waals surface area contributed by atoms with Crippen molar-refractivity contribution in [3.63, 3.8) is 0 Å². The minimum Gasteiger partial charge on any atom is -0.456 e. The molecule has 1 heterocycles. The van der Waals surface area contributed by atoms with Crippen LogP contribution in [0.3, 0.4) is 0 Å². The monoisotopic (exact) mass is 264 g/mol. The van der Waals surface area contributed by atoms with Gasteiger partial charge in [0, 0.05) is 6.42 Å². The summed E-state index contributed by atoms with van der Waals surface area (Å²) in [6.45, 7) is 1.37. The van der Waals surface area contributed by atoms with Gasteiger partial charge < -0.3 is 29.9 Å². The van der Waals surface area contributed by atoms with Crippen LogP contribution in [0.5, 0.6) is 0 Å². The Morgan fingerprint density at radius 3 is 2.50 bits per heavy atom. The number of hydrogen-bond acceptors (Lipinski definition) is 7. The molecule has 1 fully saturated rings. The van der Waals surface area contributed by atoms with Crippen molar-refractivity contribution in [3.8, 4) is 0 Å².